The molecule has 1 unspecified atom stereocenters. The minimum Gasteiger partial charge on any atom is -0.481 e. The Kier molecular flexibility index (Phi) is 5.87. The standard InChI is InChI=1S/C9H17NO4/c1-7(9(12)13)6-10(8(2)11)4-5-14-3/h7H,4-6H2,1-3H3,(H,12,13). The maximum atomic E-state index is 11.1. The summed E-state index contributed by atoms with van der Waals surface area (Å²) in [5, 5.41) is 8.67. The fraction of sp³-hybridized carbons (Fsp3) is 0.778. The van der Waals surface area contributed by atoms with E-state index in [1.807, 2.05) is 0 Å². The zero-order chi connectivity index (χ0) is 11.1. The lowest BCUT2D eigenvalue weighted by molar-refractivity contribution is -0.142. The van der Waals surface area contributed by atoms with E-state index in [1.54, 1.807) is 14.0 Å². The third-order valence-corrected chi connectivity index (χ3v) is 1.93. The highest BCUT2D eigenvalue weighted by atomic mass is 16.5. The third kappa shape index (κ3) is 4.81. The summed E-state index contributed by atoms with van der Waals surface area (Å²) in [4.78, 5) is 23.1. The number of rotatable bonds is 6. The summed E-state index contributed by atoms with van der Waals surface area (Å²) in [5.74, 6) is -1.57. The molecular weight excluding hydrogens is 186 g/mol. The molecule has 1 N–H and O–H groups in total. The fourth-order valence-electron chi connectivity index (χ4n) is 0.987. The normalized spacial score (nSPS) is 12.2. The average Bonchev–Trinajstić information content (AvgIpc) is 2.10. The van der Waals surface area contributed by atoms with Gasteiger partial charge in [0, 0.05) is 27.1 Å². The van der Waals surface area contributed by atoms with Crippen molar-refractivity contribution in [1.82, 2.24) is 4.90 Å². The first-order valence-corrected chi connectivity index (χ1v) is 4.46. The Labute approximate surface area is 83.6 Å². The number of carboxylic acid groups (broad SMARTS) is 1. The van der Waals surface area contributed by atoms with Gasteiger partial charge in [-0.2, -0.15) is 0 Å². The highest BCUT2D eigenvalue weighted by molar-refractivity contribution is 5.75. The van der Waals surface area contributed by atoms with Crippen LogP contribution in [0.5, 0.6) is 0 Å². The number of hydrogen-bond donors (Lipinski definition) is 1. The van der Waals surface area contributed by atoms with Crippen molar-refractivity contribution in [2.45, 2.75) is 13.8 Å². The molecule has 1 amide bonds. The van der Waals surface area contributed by atoms with Gasteiger partial charge in [-0.25, -0.2) is 0 Å². The Morgan fingerprint density at radius 2 is 2.07 bits per heavy atom. The molecular formula is C9H17NO4. The SMILES string of the molecule is COCCN(CC(C)C(=O)O)C(C)=O. The van der Waals surface area contributed by atoms with Crippen molar-refractivity contribution < 1.29 is 19.4 Å². The van der Waals surface area contributed by atoms with E-state index in [1.165, 1.54) is 11.8 Å². The van der Waals surface area contributed by atoms with Crippen LogP contribution in [-0.4, -0.2) is 48.7 Å². The fourth-order valence-corrected chi connectivity index (χ4v) is 0.987. The number of amides is 1. The topological polar surface area (TPSA) is 66.8 Å². The van der Waals surface area contributed by atoms with E-state index in [-0.39, 0.29) is 12.5 Å². The Morgan fingerprint density at radius 1 is 1.50 bits per heavy atom. The van der Waals surface area contributed by atoms with Crippen LogP contribution >= 0.6 is 0 Å². The second kappa shape index (κ2) is 6.37. The zero-order valence-corrected chi connectivity index (χ0v) is 8.82. The van der Waals surface area contributed by atoms with Gasteiger partial charge in [0.25, 0.3) is 0 Å². The van der Waals surface area contributed by atoms with Gasteiger partial charge >= 0.3 is 5.97 Å². The Hall–Kier alpha value is -1.10. The summed E-state index contributed by atoms with van der Waals surface area (Å²) in [7, 11) is 1.54. The van der Waals surface area contributed by atoms with Gasteiger partial charge in [0.1, 0.15) is 0 Å². The van der Waals surface area contributed by atoms with E-state index in [0.717, 1.165) is 0 Å². The summed E-state index contributed by atoms with van der Waals surface area (Å²) >= 11 is 0. The van der Waals surface area contributed by atoms with Crippen LogP contribution in [0.4, 0.5) is 0 Å². The highest BCUT2D eigenvalue weighted by Crippen LogP contribution is 2.00. The number of ether oxygens (including phenoxy) is 1. The van der Waals surface area contributed by atoms with Gasteiger partial charge in [-0.05, 0) is 0 Å². The predicted octanol–water partition coefficient (Wildman–Crippen LogP) is 0.202. The van der Waals surface area contributed by atoms with Crippen LogP contribution in [0.15, 0.2) is 0 Å². The predicted molar refractivity (Wildman–Crippen MR) is 50.9 cm³/mol. The van der Waals surface area contributed by atoms with Crippen LogP contribution < -0.4 is 0 Å². The molecule has 0 saturated carbocycles. The molecule has 5 nitrogen and oxygen atoms in total. The molecule has 0 bridgehead atoms. The molecule has 0 heterocycles. The summed E-state index contributed by atoms with van der Waals surface area (Å²) in [5.41, 5.74) is 0. The molecule has 0 aromatic carbocycles. The van der Waals surface area contributed by atoms with E-state index in [9.17, 15) is 9.59 Å². The summed E-state index contributed by atoms with van der Waals surface area (Å²) in [6, 6.07) is 0. The Bertz CT molecular complexity index is 205. The molecule has 0 aliphatic heterocycles. The number of nitrogens with zero attached hydrogens (tertiary/aromatic N) is 1. The molecule has 5 heteroatoms. The molecule has 0 aromatic heterocycles. The van der Waals surface area contributed by atoms with Gasteiger partial charge in [-0.3, -0.25) is 9.59 Å². The van der Waals surface area contributed by atoms with Crippen molar-refractivity contribution in [3.63, 3.8) is 0 Å². The second-order valence-electron chi connectivity index (χ2n) is 3.20. The largest absolute Gasteiger partial charge is 0.481 e. The van der Waals surface area contributed by atoms with Crippen LogP contribution in [0.1, 0.15) is 13.8 Å². The van der Waals surface area contributed by atoms with Crippen molar-refractivity contribution in [2.24, 2.45) is 5.92 Å². The molecule has 0 spiro atoms. The molecule has 14 heavy (non-hydrogen) atoms. The minimum absolute atomic E-state index is 0.129. The van der Waals surface area contributed by atoms with Crippen molar-refractivity contribution in [1.29, 1.82) is 0 Å². The molecule has 0 radical (unpaired) electrons. The van der Waals surface area contributed by atoms with E-state index >= 15 is 0 Å². The smallest absolute Gasteiger partial charge is 0.308 e. The Morgan fingerprint density at radius 3 is 2.43 bits per heavy atom. The van der Waals surface area contributed by atoms with E-state index in [4.69, 9.17) is 9.84 Å². The molecule has 0 aliphatic rings. The van der Waals surface area contributed by atoms with Gasteiger partial charge in [0.2, 0.25) is 5.91 Å². The lowest BCUT2D eigenvalue weighted by Crippen LogP contribution is -2.37. The minimum atomic E-state index is -0.895. The average molecular weight is 203 g/mol. The van der Waals surface area contributed by atoms with Crippen molar-refractivity contribution in [3.8, 4) is 0 Å². The van der Waals surface area contributed by atoms with Crippen LogP contribution in [0.2, 0.25) is 0 Å². The van der Waals surface area contributed by atoms with Gasteiger partial charge in [0.15, 0.2) is 0 Å². The first-order chi connectivity index (χ1) is 6.49. The number of aliphatic carboxylic acids is 1. The lowest BCUT2D eigenvalue weighted by Gasteiger charge is -2.22. The molecule has 1 atom stereocenters. The van der Waals surface area contributed by atoms with Gasteiger partial charge < -0.3 is 14.7 Å². The molecule has 0 aliphatic carbocycles. The maximum absolute atomic E-state index is 11.1. The number of carboxylic acids is 1. The van der Waals surface area contributed by atoms with Gasteiger partial charge in [-0.15, -0.1) is 0 Å². The van der Waals surface area contributed by atoms with Gasteiger partial charge in [-0.1, -0.05) is 6.92 Å². The second-order valence-corrected chi connectivity index (χ2v) is 3.20. The number of methoxy groups -OCH3 is 1. The quantitative estimate of drug-likeness (QED) is 0.669. The summed E-state index contributed by atoms with van der Waals surface area (Å²) < 4.78 is 4.82. The van der Waals surface area contributed by atoms with Crippen LogP contribution in [0.3, 0.4) is 0 Å². The molecule has 0 rings (SSSR count). The zero-order valence-electron chi connectivity index (χ0n) is 8.82. The first-order valence-electron chi connectivity index (χ1n) is 4.46. The van der Waals surface area contributed by atoms with Crippen LogP contribution in [-0.2, 0) is 14.3 Å². The summed E-state index contributed by atoms with van der Waals surface area (Å²) in [6.07, 6.45) is 0. The Balaban J connectivity index is 4.08. The summed E-state index contributed by atoms with van der Waals surface area (Å²) in [6.45, 7) is 4.08. The van der Waals surface area contributed by atoms with Crippen molar-refractivity contribution >= 4 is 11.9 Å². The van der Waals surface area contributed by atoms with E-state index in [0.29, 0.717) is 13.2 Å². The molecule has 0 aromatic rings. The maximum Gasteiger partial charge on any atom is 0.308 e. The number of hydrogen-bond acceptors (Lipinski definition) is 3. The molecule has 82 valence electrons. The van der Waals surface area contributed by atoms with Crippen molar-refractivity contribution in [3.05, 3.63) is 0 Å². The van der Waals surface area contributed by atoms with Gasteiger partial charge in [0.05, 0.1) is 12.5 Å². The lowest BCUT2D eigenvalue weighted by atomic mass is 10.1. The van der Waals surface area contributed by atoms with Crippen molar-refractivity contribution in [2.75, 3.05) is 26.8 Å². The molecule has 0 saturated heterocycles. The van der Waals surface area contributed by atoms with Crippen LogP contribution in [0.25, 0.3) is 0 Å². The highest BCUT2D eigenvalue weighted by Gasteiger charge is 2.17. The first kappa shape index (κ1) is 12.9. The number of carbonyl (C=O) groups is 2. The number of carbonyl (C=O) groups excluding carboxylic acids is 1. The van der Waals surface area contributed by atoms with E-state index in [2.05, 4.69) is 0 Å². The molecule has 0 fully saturated rings. The van der Waals surface area contributed by atoms with E-state index < -0.39 is 11.9 Å². The van der Waals surface area contributed by atoms with Crippen LogP contribution in [0, 0.1) is 5.92 Å². The monoisotopic (exact) mass is 203 g/mol. The third-order valence-electron chi connectivity index (χ3n) is 1.93.